The Balaban J connectivity index is 5.55. The van der Waals surface area contributed by atoms with Gasteiger partial charge in [-0.1, -0.05) is 45.0 Å². The highest BCUT2D eigenvalue weighted by molar-refractivity contribution is 8.06. The van der Waals surface area contributed by atoms with Gasteiger partial charge in [0.25, 0.3) is 0 Å². The van der Waals surface area contributed by atoms with Gasteiger partial charge in [0.1, 0.15) is 0 Å². The average Bonchev–Trinajstić information content (AvgIpc) is 2.62. The molecule has 0 N–H and O–H groups in total. The Kier molecular flexibility index (Phi) is 13.1. The van der Waals surface area contributed by atoms with Crippen molar-refractivity contribution >= 4 is 11.8 Å². The standard InChI is InChI=1S/C24H41NOS/c1-11-13-15-25(9)23(14-12-2)16-19(5)22(8)27-20(6)17-24(18(3)4)21(7)26-10/h12,14,16-18H,11,13,15H2,1-10H3/b14-12+,20-17+,22-19+,23-16+,24-21-. The summed E-state index contributed by atoms with van der Waals surface area (Å²) in [6.45, 7) is 18.4. The second-order valence-corrected chi connectivity index (χ2v) is 8.77. The highest BCUT2D eigenvalue weighted by atomic mass is 32.2. The Morgan fingerprint density at radius 2 is 1.74 bits per heavy atom. The summed E-state index contributed by atoms with van der Waals surface area (Å²) in [5.74, 6) is 1.44. The highest BCUT2D eigenvalue weighted by Gasteiger charge is 2.08. The van der Waals surface area contributed by atoms with Crippen LogP contribution < -0.4 is 0 Å². The van der Waals surface area contributed by atoms with Crippen molar-refractivity contribution in [1.82, 2.24) is 4.90 Å². The zero-order valence-electron chi connectivity index (χ0n) is 19.3. The topological polar surface area (TPSA) is 12.5 Å². The predicted molar refractivity (Wildman–Crippen MR) is 125 cm³/mol. The van der Waals surface area contributed by atoms with Gasteiger partial charge in [-0.15, -0.1) is 0 Å². The summed E-state index contributed by atoms with van der Waals surface area (Å²) in [5, 5.41) is 0. The molecular weight excluding hydrogens is 350 g/mol. The fraction of sp³-hybridized carbons (Fsp3) is 0.583. The molecule has 0 aliphatic rings. The van der Waals surface area contributed by atoms with Gasteiger partial charge in [0.2, 0.25) is 0 Å². The van der Waals surface area contributed by atoms with Crippen LogP contribution in [0.4, 0.5) is 0 Å². The molecule has 0 heterocycles. The van der Waals surface area contributed by atoms with Crippen molar-refractivity contribution in [2.75, 3.05) is 20.7 Å². The Labute approximate surface area is 173 Å². The van der Waals surface area contributed by atoms with Crippen LogP contribution in [-0.4, -0.2) is 25.6 Å². The number of ether oxygens (including phenoxy) is 1. The van der Waals surface area contributed by atoms with Crippen LogP contribution in [-0.2, 0) is 4.74 Å². The van der Waals surface area contributed by atoms with Gasteiger partial charge >= 0.3 is 0 Å². The number of unbranched alkanes of at least 4 members (excludes halogenated alkanes) is 1. The smallest absolute Gasteiger partial charge is 0.0959 e. The van der Waals surface area contributed by atoms with E-state index >= 15 is 0 Å². The maximum Gasteiger partial charge on any atom is 0.0959 e. The molecule has 0 bridgehead atoms. The Bertz CT molecular complexity index is 606. The van der Waals surface area contributed by atoms with E-state index in [1.165, 1.54) is 39.5 Å². The monoisotopic (exact) mass is 391 g/mol. The van der Waals surface area contributed by atoms with Gasteiger partial charge in [-0.05, 0) is 86.1 Å². The van der Waals surface area contributed by atoms with E-state index in [-0.39, 0.29) is 0 Å². The minimum absolute atomic E-state index is 0.444. The zero-order valence-corrected chi connectivity index (χ0v) is 20.1. The van der Waals surface area contributed by atoms with Gasteiger partial charge < -0.3 is 9.64 Å². The molecule has 0 spiro atoms. The van der Waals surface area contributed by atoms with Crippen LogP contribution in [0, 0.1) is 5.92 Å². The van der Waals surface area contributed by atoms with E-state index < -0.39 is 0 Å². The molecule has 0 aliphatic carbocycles. The molecule has 0 rings (SSSR count). The molecule has 0 unspecified atom stereocenters. The molecule has 0 saturated carbocycles. The number of hydrogen-bond acceptors (Lipinski definition) is 3. The second-order valence-electron chi connectivity index (χ2n) is 7.31. The molecule has 0 aromatic carbocycles. The van der Waals surface area contributed by atoms with Crippen LogP contribution in [0.1, 0.15) is 68.2 Å². The van der Waals surface area contributed by atoms with Crippen molar-refractivity contribution in [1.29, 1.82) is 0 Å². The second kappa shape index (κ2) is 13.8. The summed E-state index contributed by atoms with van der Waals surface area (Å²) in [4.78, 5) is 4.95. The fourth-order valence-corrected chi connectivity index (χ4v) is 3.56. The van der Waals surface area contributed by atoms with Crippen molar-refractivity contribution in [2.45, 2.75) is 68.2 Å². The van der Waals surface area contributed by atoms with Gasteiger partial charge in [-0.25, -0.2) is 0 Å². The SMILES string of the molecule is C/C=C/C(=C\C(C)=C(/C)S/C(C)=C/C(=C(\C)OC)C(C)C)N(C)CCCC. The summed E-state index contributed by atoms with van der Waals surface area (Å²) in [6.07, 6.45) is 11.3. The molecule has 3 heteroatoms. The van der Waals surface area contributed by atoms with Crippen molar-refractivity contribution < 1.29 is 4.74 Å². The molecule has 0 aromatic heterocycles. The van der Waals surface area contributed by atoms with Crippen molar-refractivity contribution in [3.8, 4) is 0 Å². The lowest BCUT2D eigenvalue weighted by atomic mass is 10.0. The van der Waals surface area contributed by atoms with Crippen LogP contribution in [0.5, 0.6) is 0 Å². The average molecular weight is 392 g/mol. The lowest BCUT2D eigenvalue weighted by molar-refractivity contribution is 0.286. The van der Waals surface area contributed by atoms with E-state index in [4.69, 9.17) is 4.74 Å². The number of nitrogens with zero attached hydrogens (tertiary/aromatic N) is 1. The maximum absolute atomic E-state index is 5.46. The molecule has 2 nitrogen and oxygen atoms in total. The first-order chi connectivity index (χ1) is 12.7. The van der Waals surface area contributed by atoms with Gasteiger partial charge in [0, 0.05) is 19.3 Å². The molecule has 0 aliphatic heterocycles. The molecule has 27 heavy (non-hydrogen) atoms. The third-order valence-corrected chi connectivity index (χ3v) is 5.62. The van der Waals surface area contributed by atoms with Crippen molar-refractivity contribution in [3.63, 3.8) is 0 Å². The number of methoxy groups -OCH3 is 1. The number of rotatable bonds is 11. The van der Waals surface area contributed by atoms with E-state index in [1.807, 2.05) is 18.7 Å². The Hall–Kier alpha value is -1.35. The van der Waals surface area contributed by atoms with E-state index in [0.29, 0.717) is 5.92 Å². The predicted octanol–water partition coefficient (Wildman–Crippen LogP) is 7.69. The fourth-order valence-electron chi connectivity index (χ4n) is 2.67. The summed E-state index contributed by atoms with van der Waals surface area (Å²) in [6, 6.07) is 0. The Morgan fingerprint density at radius 1 is 1.11 bits per heavy atom. The number of allylic oxidation sites excluding steroid dienone is 9. The van der Waals surface area contributed by atoms with Crippen LogP contribution >= 0.6 is 11.8 Å². The van der Waals surface area contributed by atoms with Crippen molar-refractivity contribution in [2.24, 2.45) is 5.92 Å². The summed E-state index contributed by atoms with van der Waals surface area (Å²) >= 11 is 1.83. The molecule has 154 valence electrons. The van der Waals surface area contributed by atoms with Crippen LogP contribution in [0.3, 0.4) is 0 Å². The molecule has 0 saturated heterocycles. The van der Waals surface area contributed by atoms with Crippen LogP contribution in [0.2, 0.25) is 0 Å². The quantitative estimate of drug-likeness (QED) is 0.264. The first kappa shape index (κ1) is 25.6. The lowest BCUT2D eigenvalue weighted by Crippen LogP contribution is -2.18. The van der Waals surface area contributed by atoms with Gasteiger partial charge in [-0.2, -0.15) is 0 Å². The minimum Gasteiger partial charge on any atom is -0.501 e. The number of likely N-dealkylation sites (N-methyl/N-ethyl adjacent to an activating group) is 1. The maximum atomic E-state index is 5.46. The van der Waals surface area contributed by atoms with Gasteiger partial charge in [-0.3, -0.25) is 0 Å². The molecule has 0 aromatic rings. The van der Waals surface area contributed by atoms with E-state index in [0.717, 1.165) is 12.3 Å². The normalized spacial score (nSPS) is 15.2. The molecule has 0 atom stereocenters. The first-order valence-electron chi connectivity index (χ1n) is 10.0. The summed E-state index contributed by atoms with van der Waals surface area (Å²) < 4.78 is 5.46. The summed E-state index contributed by atoms with van der Waals surface area (Å²) in [7, 11) is 3.92. The summed E-state index contributed by atoms with van der Waals surface area (Å²) in [5.41, 5.74) is 3.84. The van der Waals surface area contributed by atoms with Crippen LogP contribution in [0.25, 0.3) is 0 Å². The lowest BCUT2D eigenvalue weighted by Gasteiger charge is -2.21. The largest absolute Gasteiger partial charge is 0.501 e. The molecule has 0 amide bonds. The first-order valence-corrected chi connectivity index (χ1v) is 10.8. The third-order valence-electron chi connectivity index (χ3n) is 4.55. The van der Waals surface area contributed by atoms with E-state index in [1.54, 1.807) is 7.11 Å². The molecule has 0 radical (unpaired) electrons. The van der Waals surface area contributed by atoms with E-state index in [9.17, 15) is 0 Å². The highest BCUT2D eigenvalue weighted by Crippen LogP contribution is 2.31. The number of hydrogen-bond donors (Lipinski definition) is 0. The zero-order chi connectivity index (χ0) is 21.0. The molecular formula is C24H41NOS. The number of thioether (sulfide) groups is 1. The van der Waals surface area contributed by atoms with Crippen molar-refractivity contribution in [3.05, 3.63) is 56.7 Å². The van der Waals surface area contributed by atoms with E-state index in [2.05, 4.69) is 84.7 Å². The molecule has 0 fully saturated rings. The minimum atomic E-state index is 0.444. The van der Waals surface area contributed by atoms with Gasteiger partial charge in [0.15, 0.2) is 0 Å². The van der Waals surface area contributed by atoms with Crippen LogP contribution in [0.15, 0.2) is 56.7 Å². The third kappa shape index (κ3) is 9.95. The Morgan fingerprint density at radius 3 is 2.22 bits per heavy atom. The van der Waals surface area contributed by atoms with Gasteiger partial charge in [0.05, 0.1) is 12.9 Å².